The van der Waals surface area contributed by atoms with Crippen molar-refractivity contribution in [3.05, 3.63) is 69.8 Å². The van der Waals surface area contributed by atoms with E-state index in [1.54, 1.807) is 0 Å². The molecule has 2 aromatic carbocycles. The van der Waals surface area contributed by atoms with Gasteiger partial charge in [-0.3, -0.25) is 4.79 Å². The summed E-state index contributed by atoms with van der Waals surface area (Å²) in [6.45, 7) is 4.39. The van der Waals surface area contributed by atoms with Crippen LogP contribution in [0.25, 0.3) is 5.57 Å². The van der Waals surface area contributed by atoms with Gasteiger partial charge in [0.25, 0.3) is 0 Å². The largest absolute Gasteiger partial charge is 0.381 e. The fraction of sp³-hybridized carbons (Fsp3) is 0.0625. The van der Waals surface area contributed by atoms with E-state index in [2.05, 4.69) is 46.6 Å². The number of carbonyl (C=O) groups is 1. The Balaban J connectivity index is 1.99. The normalized spacial score (nSPS) is 10.1. The Kier molecular flexibility index (Phi) is 4.79. The van der Waals surface area contributed by atoms with Gasteiger partial charge in [-0.15, -0.1) is 0 Å². The molecule has 0 heterocycles. The van der Waals surface area contributed by atoms with Crippen molar-refractivity contribution in [3.8, 4) is 0 Å². The predicted molar refractivity (Wildman–Crippen MR) is 91.2 cm³/mol. The Labute approximate surface area is 132 Å². The van der Waals surface area contributed by atoms with Crippen LogP contribution in [0.4, 0.5) is 5.69 Å². The molecule has 0 saturated carbocycles. The Bertz CT molecular complexity index is 618. The summed E-state index contributed by atoms with van der Waals surface area (Å²) < 4.78 is 1.21. The van der Waals surface area contributed by atoms with Crippen LogP contribution in [-0.4, -0.2) is 5.91 Å². The molecule has 2 rings (SSSR count). The summed E-state index contributed by atoms with van der Waals surface area (Å²) in [6, 6.07) is 15.9. The Morgan fingerprint density at radius 3 is 2.25 bits per heavy atom. The first-order chi connectivity index (χ1) is 9.56. The highest BCUT2D eigenvalue weighted by molar-refractivity contribution is 14.1. The first kappa shape index (κ1) is 14.6. The van der Waals surface area contributed by atoms with Crippen molar-refractivity contribution in [1.29, 1.82) is 0 Å². The van der Waals surface area contributed by atoms with Crippen molar-refractivity contribution in [2.75, 3.05) is 5.32 Å². The van der Waals surface area contributed by atoms with E-state index in [0.29, 0.717) is 5.57 Å². The average molecular weight is 378 g/mol. The summed E-state index contributed by atoms with van der Waals surface area (Å²) in [5.41, 5.74) is 8.51. The number of amides is 1. The number of rotatable bonds is 5. The zero-order chi connectivity index (χ0) is 14.5. The molecule has 3 nitrogen and oxygen atoms in total. The number of hydrogen-bond acceptors (Lipinski definition) is 2. The van der Waals surface area contributed by atoms with Gasteiger partial charge in [-0.25, -0.2) is 0 Å². The second kappa shape index (κ2) is 6.56. The maximum Gasteiger partial charge on any atom is 0.248 e. The van der Waals surface area contributed by atoms with Crippen molar-refractivity contribution in [2.45, 2.75) is 6.54 Å². The van der Waals surface area contributed by atoms with Crippen LogP contribution in [-0.2, 0) is 11.3 Å². The molecule has 0 atom stereocenters. The molecule has 0 unspecified atom stereocenters. The van der Waals surface area contributed by atoms with Gasteiger partial charge in [-0.05, 0) is 58.0 Å². The molecule has 0 fully saturated rings. The number of hydrogen-bond donors (Lipinski definition) is 2. The van der Waals surface area contributed by atoms with Gasteiger partial charge in [0, 0.05) is 21.4 Å². The molecule has 0 saturated heterocycles. The highest BCUT2D eigenvalue weighted by atomic mass is 127. The van der Waals surface area contributed by atoms with E-state index in [4.69, 9.17) is 5.73 Å². The number of benzene rings is 2. The van der Waals surface area contributed by atoms with Crippen LogP contribution in [0.15, 0.2) is 55.1 Å². The van der Waals surface area contributed by atoms with E-state index in [0.717, 1.165) is 23.4 Å². The average Bonchev–Trinajstić information content (AvgIpc) is 2.46. The molecule has 3 N–H and O–H groups in total. The SMILES string of the molecule is C=C(C(N)=O)c1ccc(CNc2ccc(I)cc2)cc1. The lowest BCUT2D eigenvalue weighted by molar-refractivity contribution is -0.112. The standard InChI is InChI=1S/C16H15IN2O/c1-11(16(18)20)13-4-2-12(3-5-13)10-19-15-8-6-14(17)7-9-15/h2-9,19H,1,10H2,(H2,18,20). The summed E-state index contributed by atoms with van der Waals surface area (Å²) in [7, 11) is 0. The minimum Gasteiger partial charge on any atom is -0.381 e. The Hall–Kier alpha value is -1.82. The molecule has 20 heavy (non-hydrogen) atoms. The summed E-state index contributed by atoms with van der Waals surface area (Å²) >= 11 is 2.28. The van der Waals surface area contributed by atoms with Crippen molar-refractivity contribution < 1.29 is 4.79 Å². The number of carbonyl (C=O) groups excluding carboxylic acids is 1. The molecule has 4 heteroatoms. The van der Waals surface area contributed by atoms with Crippen LogP contribution < -0.4 is 11.1 Å². The predicted octanol–water partition coefficient (Wildman–Crippen LogP) is 3.40. The summed E-state index contributed by atoms with van der Waals surface area (Å²) in [6.07, 6.45) is 0. The summed E-state index contributed by atoms with van der Waals surface area (Å²) in [5, 5.41) is 3.34. The molecule has 2 aromatic rings. The minimum absolute atomic E-state index is 0.335. The highest BCUT2D eigenvalue weighted by Gasteiger charge is 2.04. The number of halogens is 1. The molecular formula is C16H15IN2O. The van der Waals surface area contributed by atoms with Gasteiger partial charge in [-0.2, -0.15) is 0 Å². The van der Waals surface area contributed by atoms with Crippen molar-refractivity contribution in [2.24, 2.45) is 5.73 Å². The number of anilines is 1. The highest BCUT2D eigenvalue weighted by Crippen LogP contribution is 2.15. The van der Waals surface area contributed by atoms with Gasteiger partial charge >= 0.3 is 0 Å². The first-order valence-corrected chi connectivity index (χ1v) is 7.21. The van der Waals surface area contributed by atoms with E-state index < -0.39 is 5.91 Å². The van der Waals surface area contributed by atoms with Crippen LogP contribution in [0.2, 0.25) is 0 Å². The van der Waals surface area contributed by atoms with Crippen LogP contribution in [0.3, 0.4) is 0 Å². The molecule has 0 radical (unpaired) electrons. The van der Waals surface area contributed by atoms with E-state index in [1.807, 2.05) is 36.4 Å². The Morgan fingerprint density at radius 2 is 1.70 bits per heavy atom. The molecule has 0 aromatic heterocycles. The minimum atomic E-state index is -0.491. The van der Waals surface area contributed by atoms with E-state index in [9.17, 15) is 4.79 Å². The topological polar surface area (TPSA) is 55.1 Å². The number of nitrogens with one attached hydrogen (secondary N) is 1. The lowest BCUT2D eigenvalue weighted by Gasteiger charge is -2.08. The maximum absolute atomic E-state index is 11.0. The summed E-state index contributed by atoms with van der Waals surface area (Å²) in [5.74, 6) is -0.491. The molecular weight excluding hydrogens is 363 g/mol. The zero-order valence-corrected chi connectivity index (χ0v) is 13.1. The molecule has 1 amide bonds. The number of nitrogens with two attached hydrogens (primary N) is 1. The van der Waals surface area contributed by atoms with Crippen molar-refractivity contribution in [1.82, 2.24) is 0 Å². The van der Waals surface area contributed by atoms with E-state index >= 15 is 0 Å². The fourth-order valence-electron chi connectivity index (χ4n) is 1.74. The summed E-state index contributed by atoms with van der Waals surface area (Å²) in [4.78, 5) is 11.0. The van der Waals surface area contributed by atoms with Crippen LogP contribution >= 0.6 is 22.6 Å². The lowest BCUT2D eigenvalue weighted by atomic mass is 10.1. The third-order valence-corrected chi connectivity index (χ3v) is 3.66. The fourth-order valence-corrected chi connectivity index (χ4v) is 2.10. The van der Waals surface area contributed by atoms with Gasteiger partial charge in [0.15, 0.2) is 0 Å². The molecule has 0 bridgehead atoms. The quantitative estimate of drug-likeness (QED) is 0.619. The van der Waals surface area contributed by atoms with Gasteiger partial charge in [-0.1, -0.05) is 30.8 Å². The van der Waals surface area contributed by atoms with Gasteiger partial charge in [0.2, 0.25) is 5.91 Å². The van der Waals surface area contributed by atoms with E-state index in [1.165, 1.54) is 3.57 Å². The third-order valence-electron chi connectivity index (χ3n) is 2.94. The van der Waals surface area contributed by atoms with Crippen LogP contribution in [0.1, 0.15) is 11.1 Å². The van der Waals surface area contributed by atoms with Gasteiger partial charge in [0.1, 0.15) is 0 Å². The molecule has 0 aliphatic heterocycles. The lowest BCUT2D eigenvalue weighted by Crippen LogP contribution is -2.11. The monoisotopic (exact) mass is 378 g/mol. The third kappa shape index (κ3) is 3.84. The Morgan fingerprint density at radius 1 is 1.10 bits per heavy atom. The second-order valence-corrected chi connectivity index (χ2v) is 5.65. The van der Waals surface area contributed by atoms with Crippen LogP contribution in [0.5, 0.6) is 0 Å². The van der Waals surface area contributed by atoms with E-state index in [-0.39, 0.29) is 0 Å². The van der Waals surface area contributed by atoms with Crippen molar-refractivity contribution in [3.63, 3.8) is 0 Å². The first-order valence-electron chi connectivity index (χ1n) is 6.14. The van der Waals surface area contributed by atoms with Crippen molar-refractivity contribution >= 4 is 39.8 Å². The maximum atomic E-state index is 11.0. The van der Waals surface area contributed by atoms with Crippen LogP contribution in [0, 0.1) is 3.57 Å². The molecule has 102 valence electrons. The molecule has 0 spiro atoms. The smallest absolute Gasteiger partial charge is 0.248 e. The zero-order valence-electron chi connectivity index (χ0n) is 10.9. The molecule has 0 aliphatic carbocycles. The van der Waals surface area contributed by atoms with Gasteiger partial charge in [0.05, 0.1) is 0 Å². The molecule has 0 aliphatic rings. The van der Waals surface area contributed by atoms with Gasteiger partial charge < -0.3 is 11.1 Å². The second-order valence-electron chi connectivity index (χ2n) is 4.40. The number of primary amides is 1.